The van der Waals surface area contributed by atoms with E-state index < -0.39 is 5.91 Å². The molecule has 3 aromatic rings. The summed E-state index contributed by atoms with van der Waals surface area (Å²) in [5.41, 5.74) is 4.44. The average Bonchev–Trinajstić information content (AvgIpc) is 2.80. The highest BCUT2D eigenvalue weighted by atomic mass is 127. The highest BCUT2D eigenvalue weighted by Crippen LogP contribution is 2.35. The second-order valence-electron chi connectivity index (χ2n) is 7.32. The summed E-state index contributed by atoms with van der Waals surface area (Å²) in [5, 5.41) is 12.4. The summed E-state index contributed by atoms with van der Waals surface area (Å²) in [6, 6.07) is 19.4. The number of nitrogens with one attached hydrogen (secondary N) is 1. The van der Waals surface area contributed by atoms with E-state index >= 15 is 0 Å². The van der Waals surface area contributed by atoms with E-state index in [9.17, 15) is 10.1 Å². The lowest BCUT2D eigenvalue weighted by molar-refractivity contribution is -0.112. The summed E-state index contributed by atoms with van der Waals surface area (Å²) in [6.45, 7) is 4.31. The van der Waals surface area contributed by atoms with Gasteiger partial charge in [-0.1, -0.05) is 24.3 Å². The van der Waals surface area contributed by atoms with Crippen LogP contribution in [0, 0.1) is 32.3 Å². The van der Waals surface area contributed by atoms with Gasteiger partial charge in [0.2, 0.25) is 0 Å². The Morgan fingerprint density at radius 2 is 1.85 bits per heavy atom. The van der Waals surface area contributed by atoms with E-state index in [1.807, 2.05) is 68.4 Å². The van der Waals surface area contributed by atoms with Gasteiger partial charge in [0.25, 0.3) is 5.91 Å². The van der Waals surface area contributed by atoms with Gasteiger partial charge in [0.05, 0.1) is 10.7 Å². The second-order valence-corrected chi connectivity index (χ2v) is 9.73. The lowest BCUT2D eigenvalue weighted by atomic mass is 10.1. The first-order valence-corrected chi connectivity index (χ1v) is 12.2. The molecule has 0 aliphatic heterocycles. The third kappa shape index (κ3) is 6.48. The van der Waals surface area contributed by atoms with Crippen LogP contribution in [0.1, 0.15) is 22.3 Å². The van der Waals surface area contributed by atoms with Crippen molar-refractivity contribution in [3.8, 4) is 17.6 Å². The van der Waals surface area contributed by atoms with Crippen molar-refractivity contribution in [1.82, 2.24) is 0 Å². The molecule has 0 aromatic heterocycles. The number of anilines is 1. The fraction of sp³-hybridized carbons (Fsp3) is 0.154. The molecule has 5 nitrogen and oxygen atoms in total. The number of benzene rings is 3. The summed E-state index contributed by atoms with van der Waals surface area (Å²) >= 11 is 4.43. The van der Waals surface area contributed by atoms with E-state index in [1.165, 1.54) is 0 Å². The van der Waals surface area contributed by atoms with Gasteiger partial charge in [-0.15, -0.1) is 0 Å². The van der Waals surface area contributed by atoms with Crippen molar-refractivity contribution in [1.29, 1.82) is 5.26 Å². The first-order valence-electron chi connectivity index (χ1n) is 10.1. The molecule has 1 amide bonds. The van der Waals surface area contributed by atoms with Gasteiger partial charge < -0.3 is 14.8 Å². The van der Waals surface area contributed by atoms with E-state index in [0.717, 1.165) is 23.8 Å². The number of aryl methyl sites for hydroxylation is 1. The molecule has 0 saturated carbocycles. The fourth-order valence-electron chi connectivity index (χ4n) is 3.09. The number of rotatable bonds is 7. The second kappa shape index (κ2) is 11.5. The van der Waals surface area contributed by atoms with Gasteiger partial charge in [0.15, 0.2) is 11.5 Å². The van der Waals surface area contributed by atoms with Crippen LogP contribution in [-0.2, 0) is 11.4 Å². The molecule has 3 aromatic carbocycles. The van der Waals surface area contributed by atoms with Gasteiger partial charge in [-0.3, -0.25) is 4.79 Å². The Hall–Kier alpha value is -2.58. The summed E-state index contributed by atoms with van der Waals surface area (Å²) < 4.78 is 13.5. The largest absolute Gasteiger partial charge is 0.493 e. The minimum absolute atomic E-state index is 0.00122. The van der Waals surface area contributed by atoms with Crippen LogP contribution in [0.5, 0.6) is 11.5 Å². The average molecular weight is 664 g/mol. The number of hydrogen-bond donors (Lipinski definition) is 1. The maximum Gasteiger partial charge on any atom is 0.266 e. The molecule has 0 radical (unpaired) electrons. The number of nitriles is 1. The summed E-state index contributed by atoms with van der Waals surface area (Å²) in [4.78, 5) is 12.7. The molecule has 0 unspecified atom stereocenters. The number of hydrogen-bond acceptors (Lipinski definition) is 4. The van der Waals surface area contributed by atoms with Crippen LogP contribution < -0.4 is 14.8 Å². The smallest absolute Gasteiger partial charge is 0.266 e. The summed E-state index contributed by atoms with van der Waals surface area (Å²) in [7, 11) is 1.56. The highest BCUT2D eigenvalue weighted by Gasteiger charge is 2.15. The SMILES string of the molecule is COc1cc(/C=C(\C#N)C(=O)Nc2cccc(C)c2C)cc(I)c1OCc1ccc(I)cc1. The Kier molecular flexibility index (Phi) is 8.74. The zero-order chi connectivity index (χ0) is 24.0. The summed E-state index contributed by atoms with van der Waals surface area (Å²) in [6.07, 6.45) is 1.55. The molecule has 7 heteroatoms. The monoisotopic (exact) mass is 664 g/mol. The number of ether oxygens (including phenoxy) is 2. The predicted octanol–water partition coefficient (Wildman–Crippen LogP) is 6.65. The molecule has 3 rings (SSSR count). The van der Waals surface area contributed by atoms with Crippen LogP contribution >= 0.6 is 45.2 Å². The van der Waals surface area contributed by atoms with Gasteiger partial charge in [-0.05, 0) is 118 Å². The lowest BCUT2D eigenvalue weighted by Gasteiger charge is -2.14. The molecule has 0 aliphatic rings. The van der Waals surface area contributed by atoms with Crippen LogP contribution in [0.3, 0.4) is 0 Å². The van der Waals surface area contributed by atoms with Gasteiger partial charge in [0.1, 0.15) is 18.2 Å². The van der Waals surface area contributed by atoms with Crippen molar-refractivity contribution in [2.45, 2.75) is 20.5 Å². The molecule has 0 bridgehead atoms. The standard InChI is InChI=1S/C26H22I2N2O3/c1-16-5-4-6-23(17(16)2)30-26(31)20(14-29)11-19-12-22(28)25(24(13-19)32-3)33-15-18-7-9-21(27)10-8-18/h4-13H,15H2,1-3H3,(H,30,31)/b20-11+. The number of nitrogens with zero attached hydrogens (tertiary/aromatic N) is 1. The predicted molar refractivity (Wildman–Crippen MR) is 147 cm³/mol. The molecule has 0 saturated heterocycles. The van der Waals surface area contributed by atoms with Crippen molar-refractivity contribution in [2.75, 3.05) is 12.4 Å². The number of halogens is 2. The van der Waals surface area contributed by atoms with Crippen molar-refractivity contribution >= 4 is 62.9 Å². The Balaban J connectivity index is 1.83. The number of carbonyl (C=O) groups excluding carboxylic acids is 1. The number of amides is 1. The van der Waals surface area contributed by atoms with Crippen LogP contribution in [0.2, 0.25) is 0 Å². The van der Waals surface area contributed by atoms with Crippen molar-refractivity contribution in [2.24, 2.45) is 0 Å². The third-order valence-electron chi connectivity index (χ3n) is 5.08. The molecule has 0 spiro atoms. The van der Waals surface area contributed by atoms with Crippen molar-refractivity contribution in [3.05, 3.63) is 89.6 Å². The Morgan fingerprint density at radius 3 is 2.52 bits per heavy atom. The van der Waals surface area contributed by atoms with Gasteiger partial charge in [-0.2, -0.15) is 5.26 Å². The van der Waals surface area contributed by atoms with E-state index in [2.05, 4.69) is 50.5 Å². The molecule has 168 valence electrons. The molecular formula is C26H22I2N2O3. The van der Waals surface area contributed by atoms with E-state index in [-0.39, 0.29) is 5.57 Å². The van der Waals surface area contributed by atoms with Crippen LogP contribution in [0.25, 0.3) is 6.08 Å². The zero-order valence-electron chi connectivity index (χ0n) is 18.4. The maximum absolute atomic E-state index is 12.7. The molecule has 1 N–H and O–H groups in total. The van der Waals surface area contributed by atoms with E-state index in [4.69, 9.17) is 9.47 Å². The van der Waals surface area contributed by atoms with Crippen LogP contribution in [-0.4, -0.2) is 13.0 Å². The number of carbonyl (C=O) groups is 1. The third-order valence-corrected chi connectivity index (χ3v) is 6.60. The molecule has 33 heavy (non-hydrogen) atoms. The first kappa shape index (κ1) is 25.1. The Bertz CT molecular complexity index is 1250. The molecule has 0 heterocycles. The first-order chi connectivity index (χ1) is 15.8. The van der Waals surface area contributed by atoms with Gasteiger partial charge in [-0.25, -0.2) is 0 Å². The Morgan fingerprint density at radius 1 is 1.12 bits per heavy atom. The fourth-order valence-corrected chi connectivity index (χ4v) is 4.23. The van der Waals surface area contributed by atoms with Crippen molar-refractivity contribution in [3.63, 3.8) is 0 Å². The quantitative estimate of drug-likeness (QED) is 0.175. The minimum Gasteiger partial charge on any atom is -0.493 e. The van der Waals surface area contributed by atoms with Gasteiger partial charge >= 0.3 is 0 Å². The highest BCUT2D eigenvalue weighted by molar-refractivity contribution is 14.1. The topological polar surface area (TPSA) is 71.3 Å². The lowest BCUT2D eigenvalue weighted by Crippen LogP contribution is -2.14. The number of methoxy groups -OCH3 is 1. The summed E-state index contributed by atoms with van der Waals surface area (Å²) in [5.74, 6) is 0.692. The zero-order valence-corrected chi connectivity index (χ0v) is 22.7. The molecule has 0 fully saturated rings. The Labute approximate surface area is 221 Å². The minimum atomic E-state index is -0.459. The molecule has 0 aliphatic carbocycles. The molecule has 0 atom stereocenters. The van der Waals surface area contributed by atoms with Crippen molar-refractivity contribution < 1.29 is 14.3 Å². The molecular weight excluding hydrogens is 642 g/mol. The van der Waals surface area contributed by atoms with Crippen LogP contribution in [0.4, 0.5) is 5.69 Å². The van der Waals surface area contributed by atoms with Gasteiger partial charge in [0, 0.05) is 9.26 Å². The van der Waals surface area contributed by atoms with E-state index in [1.54, 1.807) is 19.3 Å². The van der Waals surface area contributed by atoms with Crippen LogP contribution in [0.15, 0.2) is 60.2 Å². The maximum atomic E-state index is 12.7. The van der Waals surface area contributed by atoms with E-state index in [0.29, 0.717) is 29.4 Å². The normalized spacial score (nSPS) is 11.0.